The first-order valence-corrected chi connectivity index (χ1v) is 9.47. The van der Waals surface area contributed by atoms with Crippen LogP contribution in [-0.4, -0.2) is 28.8 Å². The van der Waals surface area contributed by atoms with Gasteiger partial charge in [-0.15, -0.1) is 0 Å². The molecule has 1 atom stereocenters. The van der Waals surface area contributed by atoms with Crippen molar-refractivity contribution >= 4 is 46.0 Å². The van der Waals surface area contributed by atoms with Crippen molar-refractivity contribution in [1.82, 2.24) is 5.32 Å². The zero-order valence-corrected chi connectivity index (χ0v) is 15.5. The molecule has 3 rings (SSSR count). The molecule has 1 aliphatic heterocycles. The van der Waals surface area contributed by atoms with Crippen LogP contribution < -0.4 is 10.6 Å². The van der Waals surface area contributed by atoms with Crippen molar-refractivity contribution in [3.8, 4) is 0 Å². The standard InChI is InChI=1S/C19H18ClN3O2S/c20-14-7-4-8-15(11-14)22-17(24)12-16-18(25)23-19(26-16)21-10-9-13-5-2-1-3-6-13/h1-8,11,16H,9-10,12H2,(H,22,24)(H,21,23,25). The van der Waals surface area contributed by atoms with Crippen LogP contribution in [0.5, 0.6) is 0 Å². The summed E-state index contributed by atoms with van der Waals surface area (Å²) in [5.41, 5.74) is 1.81. The van der Waals surface area contributed by atoms with Gasteiger partial charge >= 0.3 is 0 Å². The van der Waals surface area contributed by atoms with E-state index in [4.69, 9.17) is 11.6 Å². The fraction of sp³-hybridized carbons (Fsp3) is 0.211. The van der Waals surface area contributed by atoms with E-state index in [1.165, 1.54) is 17.3 Å². The summed E-state index contributed by atoms with van der Waals surface area (Å²) in [6.45, 7) is 0.591. The first-order valence-electron chi connectivity index (χ1n) is 8.21. The van der Waals surface area contributed by atoms with E-state index in [0.717, 1.165) is 6.42 Å². The van der Waals surface area contributed by atoms with Crippen LogP contribution in [0.3, 0.4) is 0 Å². The molecule has 7 heteroatoms. The van der Waals surface area contributed by atoms with Gasteiger partial charge in [0, 0.05) is 23.7 Å². The van der Waals surface area contributed by atoms with Crippen LogP contribution in [0.15, 0.2) is 59.6 Å². The molecular weight excluding hydrogens is 370 g/mol. The monoisotopic (exact) mass is 387 g/mol. The molecule has 1 heterocycles. The van der Waals surface area contributed by atoms with Gasteiger partial charge in [-0.2, -0.15) is 0 Å². The predicted octanol–water partition coefficient (Wildman–Crippen LogP) is 3.50. The summed E-state index contributed by atoms with van der Waals surface area (Å²) in [5, 5.41) is 6.15. The molecule has 2 N–H and O–H groups in total. The first kappa shape index (κ1) is 18.5. The van der Waals surface area contributed by atoms with Gasteiger partial charge in [0.2, 0.25) is 11.8 Å². The van der Waals surface area contributed by atoms with Crippen LogP contribution in [0, 0.1) is 0 Å². The Balaban J connectivity index is 1.49. The smallest absolute Gasteiger partial charge is 0.240 e. The Bertz CT molecular complexity index is 827. The molecule has 0 saturated carbocycles. The van der Waals surface area contributed by atoms with E-state index in [2.05, 4.69) is 15.6 Å². The summed E-state index contributed by atoms with van der Waals surface area (Å²) in [6, 6.07) is 16.9. The van der Waals surface area contributed by atoms with E-state index < -0.39 is 5.25 Å². The van der Waals surface area contributed by atoms with E-state index in [1.807, 2.05) is 30.3 Å². The number of anilines is 1. The quantitative estimate of drug-likeness (QED) is 0.796. The highest BCUT2D eigenvalue weighted by Crippen LogP contribution is 2.23. The summed E-state index contributed by atoms with van der Waals surface area (Å²) in [4.78, 5) is 28.6. The minimum Gasteiger partial charge on any atom is -0.326 e. The van der Waals surface area contributed by atoms with Gasteiger partial charge < -0.3 is 10.6 Å². The molecule has 1 unspecified atom stereocenters. The Morgan fingerprint density at radius 2 is 2.00 bits per heavy atom. The number of nitrogens with one attached hydrogen (secondary N) is 2. The number of amides is 2. The lowest BCUT2D eigenvalue weighted by atomic mass is 10.2. The Kier molecular flexibility index (Phi) is 6.30. The highest BCUT2D eigenvalue weighted by Gasteiger charge is 2.31. The molecule has 0 spiro atoms. The van der Waals surface area contributed by atoms with Gasteiger partial charge in [-0.05, 0) is 30.2 Å². The Hall–Kier alpha value is -2.31. The van der Waals surface area contributed by atoms with E-state index >= 15 is 0 Å². The molecule has 1 saturated heterocycles. The van der Waals surface area contributed by atoms with Crippen molar-refractivity contribution in [3.05, 3.63) is 65.2 Å². The number of carbonyl (C=O) groups is 2. The Labute approximate surface area is 161 Å². The van der Waals surface area contributed by atoms with Crippen LogP contribution >= 0.6 is 23.4 Å². The van der Waals surface area contributed by atoms with Crippen molar-refractivity contribution < 1.29 is 9.59 Å². The third-order valence-electron chi connectivity index (χ3n) is 3.75. The van der Waals surface area contributed by atoms with Gasteiger partial charge in [0.25, 0.3) is 0 Å². The second kappa shape index (κ2) is 8.87. The second-order valence-electron chi connectivity index (χ2n) is 5.78. The van der Waals surface area contributed by atoms with Crippen molar-refractivity contribution in [3.63, 3.8) is 0 Å². The lowest BCUT2D eigenvalue weighted by Crippen LogP contribution is -2.28. The number of amidine groups is 1. The second-order valence-corrected chi connectivity index (χ2v) is 7.41. The van der Waals surface area contributed by atoms with Gasteiger partial charge in [-0.25, -0.2) is 0 Å². The third-order valence-corrected chi connectivity index (χ3v) is 5.11. The Morgan fingerprint density at radius 3 is 2.77 bits per heavy atom. The fourth-order valence-corrected chi connectivity index (χ4v) is 3.68. The number of hydrogen-bond donors (Lipinski definition) is 2. The normalized spacial score (nSPS) is 18.0. The number of halogens is 1. The summed E-state index contributed by atoms with van der Waals surface area (Å²) in [5.74, 6) is -0.417. The average Bonchev–Trinajstić information content (AvgIpc) is 2.95. The zero-order valence-electron chi connectivity index (χ0n) is 13.9. The number of thioether (sulfide) groups is 1. The summed E-state index contributed by atoms with van der Waals surface area (Å²) in [7, 11) is 0. The van der Waals surface area contributed by atoms with Crippen molar-refractivity contribution in [1.29, 1.82) is 0 Å². The van der Waals surface area contributed by atoms with Gasteiger partial charge in [-0.1, -0.05) is 59.8 Å². The molecule has 0 aromatic heterocycles. The molecule has 0 bridgehead atoms. The van der Waals surface area contributed by atoms with Crippen molar-refractivity contribution in [2.75, 3.05) is 11.9 Å². The van der Waals surface area contributed by atoms with Gasteiger partial charge in [0.15, 0.2) is 5.17 Å². The maximum Gasteiger partial charge on any atom is 0.240 e. The minimum atomic E-state index is -0.468. The fourth-order valence-electron chi connectivity index (χ4n) is 2.49. The van der Waals surface area contributed by atoms with E-state index in [-0.39, 0.29) is 18.2 Å². The molecule has 1 aliphatic rings. The summed E-state index contributed by atoms with van der Waals surface area (Å²) < 4.78 is 0. The van der Waals surface area contributed by atoms with Crippen LogP contribution in [0.4, 0.5) is 5.69 Å². The zero-order chi connectivity index (χ0) is 18.4. The summed E-state index contributed by atoms with van der Waals surface area (Å²) in [6.07, 6.45) is 0.890. The number of hydrogen-bond acceptors (Lipinski definition) is 4. The molecule has 134 valence electrons. The highest BCUT2D eigenvalue weighted by molar-refractivity contribution is 8.15. The largest absolute Gasteiger partial charge is 0.326 e. The molecule has 1 fully saturated rings. The van der Waals surface area contributed by atoms with Crippen LogP contribution in [-0.2, 0) is 16.0 Å². The third kappa shape index (κ3) is 5.34. The van der Waals surface area contributed by atoms with E-state index in [1.54, 1.807) is 24.3 Å². The molecule has 5 nitrogen and oxygen atoms in total. The van der Waals surface area contributed by atoms with E-state index in [9.17, 15) is 9.59 Å². The summed E-state index contributed by atoms with van der Waals surface area (Å²) >= 11 is 7.20. The number of aliphatic imine (C=N–C) groups is 1. The molecule has 0 radical (unpaired) electrons. The average molecular weight is 388 g/mol. The van der Waals surface area contributed by atoms with Crippen LogP contribution in [0.1, 0.15) is 12.0 Å². The minimum absolute atomic E-state index is 0.0840. The topological polar surface area (TPSA) is 70.6 Å². The predicted molar refractivity (Wildman–Crippen MR) is 107 cm³/mol. The molecule has 2 amide bonds. The molecular formula is C19H18ClN3O2S. The van der Waals surface area contributed by atoms with Crippen LogP contribution in [0.2, 0.25) is 5.02 Å². The maximum absolute atomic E-state index is 12.1. The molecule has 2 aromatic rings. The number of rotatable bonds is 6. The molecule has 2 aromatic carbocycles. The number of carbonyl (C=O) groups excluding carboxylic acids is 2. The van der Waals surface area contributed by atoms with Gasteiger partial charge in [0.1, 0.15) is 5.25 Å². The van der Waals surface area contributed by atoms with Gasteiger partial charge in [-0.3, -0.25) is 14.6 Å². The molecule has 26 heavy (non-hydrogen) atoms. The number of nitrogens with zero attached hydrogens (tertiary/aromatic N) is 1. The highest BCUT2D eigenvalue weighted by atomic mass is 35.5. The maximum atomic E-state index is 12.1. The SMILES string of the molecule is O=C(CC1SC(=NCCc2ccccc2)NC1=O)Nc1cccc(Cl)c1. The lowest BCUT2D eigenvalue weighted by molar-refractivity contribution is -0.122. The Morgan fingerprint density at radius 1 is 1.19 bits per heavy atom. The first-order chi connectivity index (χ1) is 12.6. The molecule has 0 aliphatic carbocycles. The van der Waals surface area contributed by atoms with Gasteiger partial charge in [0.05, 0.1) is 0 Å². The van der Waals surface area contributed by atoms with E-state index in [0.29, 0.717) is 22.4 Å². The van der Waals surface area contributed by atoms with Crippen molar-refractivity contribution in [2.45, 2.75) is 18.1 Å². The number of benzene rings is 2. The lowest BCUT2D eigenvalue weighted by Gasteiger charge is -2.07. The van der Waals surface area contributed by atoms with Crippen LogP contribution in [0.25, 0.3) is 0 Å². The van der Waals surface area contributed by atoms with Crippen molar-refractivity contribution in [2.24, 2.45) is 4.99 Å².